The van der Waals surface area contributed by atoms with Crippen LogP contribution in [0.25, 0.3) is 0 Å². The molecule has 1 aliphatic heterocycles. The lowest BCUT2D eigenvalue weighted by Gasteiger charge is -2.22. The van der Waals surface area contributed by atoms with Gasteiger partial charge < -0.3 is 15.5 Å². The molecule has 2 rings (SSSR count). The summed E-state index contributed by atoms with van der Waals surface area (Å²) < 4.78 is 0. The van der Waals surface area contributed by atoms with Crippen molar-refractivity contribution in [2.45, 2.75) is 5.92 Å². The predicted octanol–water partition coefficient (Wildman–Crippen LogP) is 1.22. The molecule has 108 valence electrons. The van der Waals surface area contributed by atoms with E-state index in [1.807, 2.05) is 0 Å². The molecule has 0 amide bonds. The number of carboxylic acids is 2. The van der Waals surface area contributed by atoms with Crippen LogP contribution >= 0.6 is 0 Å². The van der Waals surface area contributed by atoms with Crippen molar-refractivity contribution < 1.29 is 24.7 Å². The smallest absolute Gasteiger partial charge is 0.334 e. The number of benzene rings is 1. The minimum absolute atomic E-state index is 0.149. The van der Waals surface area contributed by atoms with E-state index in [-0.39, 0.29) is 16.8 Å². The first kappa shape index (κ1) is 14.3. The van der Waals surface area contributed by atoms with Gasteiger partial charge in [-0.25, -0.2) is 9.59 Å². The second-order valence-corrected chi connectivity index (χ2v) is 4.26. The summed E-state index contributed by atoms with van der Waals surface area (Å²) in [5.74, 6) is -3.53. The molecule has 1 aromatic carbocycles. The SMILES string of the molecule is O=C(O)C1=CNC=C(C(=O)O)C1c1ccc([N+](=O)[O-])cc1. The van der Waals surface area contributed by atoms with E-state index in [0.717, 1.165) is 0 Å². The second-order valence-electron chi connectivity index (χ2n) is 4.26. The van der Waals surface area contributed by atoms with Crippen LogP contribution in [0.4, 0.5) is 5.69 Å². The van der Waals surface area contributed by atoms with Crippen LogP contribution in [0.3, 0.4) is 0 Å². The van der Waals surface area contributed by atoms with E-state index in [4.69, 9.17) is 0 Å². The molecule has 0 fully saturated rings. The van der Waals surface area contributed by atoms with Crippen molar-refractivity contribution in [1.29, 1.82) is 0 Å². The molecule has 1 aliphatic rings. The van der Waals surface area contributed by atoms with Crippen LogP contribution in [0.1, 0.15) is 11.5 Å². The molecule has 0 saturated heterocycles. The van der Waals surface area contributed by atoms with Gasteiger partial charge in [-0.1, -0.05) is 12.1 Å². The van der Waals surface area contributed by atoms with Crippen molar-refractivity contribution in [2.24, 2.45) is 0 Å². The van der Waals surface area contributed by atoms with Crippen molar-refractivity contribution in [1.82, 2.24) is 5.32 Å². The predicted molar refractivity (Wildman–Crippen MR) is 70.4 cm³/mol. The fraction of sp³-hybridized carbons (Fsp3) is 0.0769. The highest BCUT2D eigenvalue weighted by Crippen LogP contribution is 2.34. The first-order valence-electron chi connectivity index (χ1n) is 5.79. The maximum atomic E-state index is 11.2. The van der Waals surface area contributed by atoms with Crippen molar-refractivity contribution in [2.75, 3.05) is 0 Å². The quantitative estimate of drug-likeness (QED) is 0.561. The number of hydrogen-bond acceptors (Lipinski definition) is 5. The van der Waals surface area contributed by atoms with Crippen LogP contribution in [-0.4, -0.2) is 27.1 Å². The third kappa shape index (κ3) is 2.73. The fourth-order valence-electron chi connectivity index (χ4n) is 2.07. The zero-order valence-corrected chi connectivity index (χ0v) is 10.5. The summed E-state index contributed by atoms with van der Waals surface area (Å²) >= 11 is 0. The summed E-state index contributed by atoms with van der Waals surface area (Å²) in [5, 5.41) is 31.5. The minimum atomic E-state index is -1.27. The number of aliphatic carboxylic acids is 2. The molecule has 0 spiro atoms. The van der Waals surface area contributed by atoms with E-state index < -0.39 is 22.8 Å². The summed E-state index contributed by atoms with van der Waals surface area (Å²) in [6.45, 7) is 0. The van der Waals surface area contributed by atoms with Gasteiger partial charge in [0.05, 0.1) is 22.0 Å². The number of dihydropyridines is 1. The third-order valence-corrected chi connectivity index (χ3v) is 3.03. The Bertz CT molecular complexity index is 644. The van der Waals surface area contributed by atoms with Gasteiger partial charge in [0.15, 0.2) is 0 Å². The molecule has 1 aromatic rings. The minimum Gasteiger partial charge on any atom is -0.478 e. The molecule has 1 heterocycles. The summed E-state index contributed by atoms with van der Waals surface area (Å²) in [5.41, 5.74) is -0.105. The Labute approximate surface area is 118 Å². The summed E-state index contributed by atoms with van der Waals surface area (Å²) in [6, 6.07) is 5.11. The Morgan fingerprint density at radius 3 is 1.90 bits per heavy atom. The maximum absolute atomic E-state index is 11.2. The monoisotopic (exact) mass is 290 g/mol. The number of hydrogen-bond donors (Lipinski definition) is 3. The standard InChI is InChI=1S/C13H10N2O6/c16-12(17)9-5-14-6-10(13(18)19)11(9)7-1-3-8(4-2-7)15(20)21/h1-6,11,14H,(H,16,17)(H,18,19). The molecule has 0 saturated carbocycles. The molecular weight excluding hydrogens is 280 g/mol. The van der Waals surface area contributed by atoms with Crippen molar-refractivity contribution >= 4 is 17.6 Å². The van der Waals surface area contributed by atoms with Gasteiger partial charge in [-0.3, -0.25) is 10.1 Å². The number of nitrogens with zero attached hydrogens (tertiary/aromatic N) is 1. The molecule has 0 radical (unpaired) electrons. The molecular formula is C13H10N2O6. The number of nitrogens with one attached hydrogen (secondary N) is 1. The number of nitro groups is 1. The van der Waals surface area contributed by atoms with Gasteiger partial charge in [0.25, 0.3) is 5.69 Å². The topological polar surface area (TPSA) is 130 Å². The van der Waals surface area contributed by atoms with E-state index in [0.29, 0.717) is 5.56 Å². The fourth-order valence-corrected chi connectivity index (χ4v) is 2.07. The van der Waals surface area contributed by atoms with Gasteiger partial charge in [0, 0.05) is 24.5 Å². The lowest BCUT2D eigenvalue weighted by Crippen LogP contribution is -2.24. The zero-order chi connectivity index (χ0) is 15.6. The number of carbonyl (C=O) groups is 2. The van der Waals surface area contributed by atoms with Crippen LogP contribution in [0.2, 0.25) is 0 Å². The Balaban J connectivity index is 2.48. The van der Waals surface area contributed by atoms with Gasteiger partial charge in [-0.2, -0.15) is 0 Å². The Hall–Kier alpha value is -3.16. The number of carboxylic acid groups (broad SMARTS) is 2. The summed E-state index contributed by atoms with van der Waals surface area (Å²) in [6.07, 6.45) is 2.39. The Morgan fingerprint density at radius 1 is 1.05 bits per heavy atom. The van der Waals surface area contributed by atoms with E-state index in [1.54, 1.807) is 0 Å². The largest absolute Gasteiger partial charge is 0.478 e. The van der Waals surface area contributed by atoms with Crippen LogP contribution in [0, 0.1) is 10.1 Å². The number of rotatable bonds is 4. The van der Waals surface area contributed by atoms with Crippen LogP contribution < -0.4 is 5.32 Å². The average molecular weight is 290 g/mol. The van der Waals surface area contributed by atoms with E-state index in [2.05, 4.69) is 5.32 Å². The van der Waals surface area contributed by atoms with Crippen LogP contribution in [0.15, 0.2) is 47.8 Å². The second kappa shape index (κ2) is 5.45. The average Bonchev–Trinajstić information content (AvgIpc) is 2.46. The van der Waals surface area contributed by atoms with Crippen LogP contribution in [-0.2, 0) is 9.59 Å². The van der Waals surface area contributed by atoms with Crippen molar-refractivity contribution in [3.05, 3.63) is 63.5 Å². The highest BCUT2D eigenvalue weighted by Gasteiger charge is 2.32. The first-order valence-corrected chi connectivity index (χ1v) is 5.79. The van der Waals surface area contributed by atoms with E-state index >= 15 is 0 Å². The third-order valence-electron chi connectivity index (χ3n) is 3.03. The van der Waals surface area contributed by atoms with Crippen molar-refractivity contribution in [3.8, 4) is 0 Å². The molecule has 0 atom stereocenters. The molecule has 0 aromatic heterocycles. The maximum Gasteiger partial charge on any atom is 0.334 e. The summed E-state index contributed by atoms with van der Waals surface area (Å²) in [7, 11) is 0. The molecule has 8 nitrogen and oxygen atoms in total. The zero-order valence-electron chi connectivity index (χ0n) is 10.5. The number of non-ortho nitro benzene ring substituents is 1. The van der Waals surface area contributed by atoms with Crippen molar-refractivity contribution in [3.63, 3.8) is 0 Å². The highest BCUT2D eigenvalue weighted by atomic mass is 16.6. The van der Waals surface area contributed by atoms with Gasteiger partial charge in [-0.05, 0) is 5.56 Å². The number of nitro benzene ring substituents is 1. The van der Waals surface area contributed by atoms with E-state index in [9.17, 15) is 29.9 Å². The lowest BCUT2D eigenvalue weighted by molar-refractivity contribution is -0.384. The van der Waals surface area contributed by atoms with Gasteiger partial charge in [0.2, 0.25) is 0 Å². The summed E-state index contributed by atoms with van der Waals surface area (Å²) in [4.78, 5) is 32.5. The van der Waals surface area contributed by atoms with Gasteiger partial charge in [-0.15, -0.1) is 0 Å². The molecule has 21 heavy (non-hydrogen) atoms. The van der Waals surface area contributed by atoms with E-state index in [1.165, 1.54) is 36.7 Å². The molecule has 0 unspecified atom stereocenters. The lowest BCUT2D eigenvalue weighted by atomic mass is 9.84. The normalized spacial score (nSPS) is 14.7. The molecule has 0 bridgehead atoms. The first-order chi connectivity index (χ1) is 9.91. The highest BCUT2D eigenvalue weighted by molar-refractivity contribution is 5.97. The molecule has 3 N–H and O–H groups in total. The molecule has 8 heteroatoms. The van der Waals surface area contributed by atoms with Crippen LogP contribution in [0.5, 0.6) is 0 Å². The van der Waals surface area contributed by atoms with Gasteiger partial charge >= 0.3 is 11.9 Å². The molecule has 0 aliphatic carbocycles. The Kier molecular flexibility index (Phi) is 3.70. The Morgan fingerprint density at radius 2 is 1.52 bits per heavy atom. The van der Waals surface area contributed by atoms with Gasteiger partial charge in [0.1, 0.15) is 0 Å².